The number of hydrogen-bond donors (Lipinski definition) is 2. The Bertz CT molecular complexity index is 583. The van der Waals surface area contributed by atoms with Crippen LogP contribution in [0.1, 0.15) is 19.4 Å². The molecule has 2 unspecified atom stereocenters. The SMILES string of the molecule is CC(N)C(C)C(=O)NCc1ccc2ccccc2c1.Cl. The van der Waals surface area contributed by atoms with Gasteiger partial charge < -0.3 is 11.1 Å². The van der Waals surface area contributed by atoms with Gasteiger partial charge in [0.25, 0.3) is 0 Å². The minimum Gasteiger partial charge on any atom is -0.352 e. The summed E-state index contributed by atoms with van der Waals surface area (Å²) in [6.07, 6.45) is 0. The summed E-state index contributed by atoms with van der Waals surface area (Å²) in [4.78, 5) is 11.8. The van der Waals surface area contributed by atoms with E-state index in [4.69, 9.17) is 5.73 Å². The Labute approximate surface area is 126 Å². The predicted octanol–water partition coefficient (Wildman–Crippen LogP) is 2.86. The van der Waals surface area contributed by atoms with E-state index in [1.807, 2.05) is 32.0 Å². The van der Waals surface area contributed by atoms with Crippen LogP contribution in [-0.4, -0.2) is 11.9 Å². The molecule has 3 nitrogen and oxygen atoms in total. The lowest BCUT2D eigenvalue weighted by Gasteiger charge is -2.15. The molecular weight excluding hydrogens is 272 g/mol. The molecule has 20 heavy (non-hydrogen) atoms. The van der Waals surface area contributed by atoms with Crippen LogP contribution in [0.2, 0.25) is 0 Å². The molecule has 0 fully saturated rings. The number of fused-ring (bicyclic) bond motifs is 1. The molecule has 2 atom stereocenters. The summed E-state index contributed by atoms with van der Waals surface area (Å²) in [5.74, 6) is -0.163. The van der Waals surface area contributed by atoms with E-state index in [9.17, 15) is 4.79 Å². The molecule has 2 rings (SSSR count). The average Bonchev–Trinajstić information content (AvgIpc) is 2.43. The van der Waals surface area contributed by atoms with Crippen molar-refractivity contribution >= 4 is 29.1 Å². The number of halogens is 1. The molecule has 0 aromatic heterocycles. The maximum atomic E-state index is 11.8. The lowest BCUT2D eigenvalue weighted by Crippen LogP contribution is -2.38. The largest absolute Gasteiger partial charge is 0.352 e. The van der Waals surface area contributed by atoms with E-state index in [-0.39, 0.29) is 30.3 Å². The highest BCUT2D eigenvalue weighted by Crippen LogP contribution is 2.15. The Morgan fingerprint density at radius 2 is 1.80 bits per heavy atom. The lowest BCUT2D eigenvalue weighted by molar-refractivity contribution is -0.125. The molecule has 0 aliphatic heterocycles. The number of benzene rings is 2. The van der Waals surface area contributed by atoms with Crippen molar-refractivity contribution in [1.82, 2.24) is 5.32 Å². The Kier molecular flexibility index (Phi) is 5.99. The van der Waals surface area contributed by atoms with Crippen molar-refractivity contribution in [2.75, 3.05) is 0 Å². The van der Waals surface area contributed by atoms with Gasteiger partial charge in [-0.15, -0.1) is 12.4 Å². The lowest BCUT2D eigenvalue weighted by atomic mass is 10.0. The number of hydrogen-bond acceptors (Lipinski definition) is 2. The molecule has 0 saturated heterocycles. The Hall–Kier alpha value is -1.58. The van der Waals surface area contributed by atoms with Crippen molar-refractivity contribution < 1.29 is 4.79 Å². The zero-order valence-electron chi connectivity index (χ0n) is 11.8. The van der Waals surface area contributed by atoms with Crippen LogP contribution < -0.4 is 11.1 Å². The first kappa shape index (κ1) is 16.5. The van der Waals surface area contributed by atoms with Crippen LogP contribution in [0.15, 0.2) is 42.5 Å². The normalized spacial score (nSPS) is 13.3. The van der Waals surface area contributed by atoms with Crippen molar-refractivity contribution in [3.63, 3.8) is 0 Å². The average molecular weight is 293 g/mol. The summed E-state index contributed by atoms with van der Waals surface area (Å²) in [5, 5.41) is 5.32. The summed E-state index contributed by atoms with van der Waals surface area (Å²) in [7, 11) is 0. The molecule has 2 aromatic carbocycles. The number of rotatable bonds is 4. The summed E-state index contributed by atoms with van der Waals surface area (Å²) in [6.45, 7) is 4.24. The van der Waals surface area contributed by atoms with Crippen molar-refractivity contribution in [3.05, 3.63) is 48.0 Å². The molecule has 0 bridgehead atoms. The van der Waals surface area contributed by atoms with Crippen molar-refractivity contribution in [1.29, 1.82) is 0 Å². The first-order valence-corrected chi connectivity index (χ1v) is 6.59. The zero-order chi connectivity index (χ0) is 13.8. The number of amides is 1. The highest BCUT2D eigenvalue weighted by molar-refractivity contribution is 5.85. The van der Waals surface area contributed by atoms with E-state index in [0.717, 1.165) is 5.56 Å². The van der Waals surface area contributed by atoms with Gasteiger partial charge in [0.2, 0.25) is 5.91 Å². The molecule has 0 aliphatic rings. The third-order valence-electron chi connectivity index (χ3n) is 3.48. The maximum absolute atomic E-state index is 11.8. The van der Waals surface area contributed by atoms with Gasteiger partial charge >= 0.3 is 0 Å². The van der Waals surface area contributed by atoms with E-state index in [1.54, 1.807) is 0 Å². The molecule has 0 aliphatic carbocycles. The summed E-state index contributed by atoms with van der Waals surface area (Å²) < 4.78 is 0. The topological polar surface area (TPSA) is 55.1 Å². The molecule has 0 heterocycles. The summed E-state index contributed by atoms with van der Waals surface area (Å²) >= 11 is 0. The zero-order valence-corrected chi connectivity index (χ0v) is 12.6. The quantitative estimate of drug-likeness (QED) is 0.910. The molecular formula is C16H21ClN2O. The van der Waals surface area contributed by atoms with Crippen LogP contribution in [0.5, 0.6) is 0 Å². The third-order valence-corrected chi connectivity index (χ3v) is 3.48. The molecule has 0 radical (unpaired) electrons. The van der Waals surface area contributed by atoms with E-state index < -0.39 is 0 Å². The second-order valence-corrected chi connectivity index (χ2v) is 5.05. The third kappa shape index (κ3) is 3.95. The van der Waals surface area contributed by atoms with Crippen molar-refractivity contribution in [2.45, 2.75) is 26.4 Å². The highest BCUT2D eigenvalue weighted by atomic mass is 35.5. The van der Waals surface area contributed by atoms with Crippen molar-refractivity contribution in [3.8, 4) is 0 Å². The van der Waals surface area contributed by atoms with Gasteiger partial charge in [-0.1, -0.05) is 43.3 Å². The fourth-order valence-electron chi connectivity index (χ4n) is 1.94. The molecule has 0 spiro atoms. The predicted molar refractivity (Wildman–Crippen MR) is 85.9 cm³/mol. The number of nitrogens with one attached hydrogen (secondary N) is 1. The van der Waals surface area contributed by atoms with Gasteiger partial charge in [0.1, 0.15) is 0 Å². The molecule has 4 heteroatoms. The van der Waals surface area contributed by atoms with E-state index >= 15 is 0 Å². The van der Waals surface area contributed by atoms with Gasteiger partial charge in [-0.25, -0.2) is 0 Å². The standard InChI is InChI=1S/C16H20N2O.ClH/c1-11(12(2)17)16(19)18-10-13-7-8-14-5-3-4-6-15(14)9-13;/h3-9,11-12H,10,17H2,1-2H3,(H,18,19);1H. The van der Waals surface area contributed by atoms with E-state index in [0.29, 0.717) is 6.54 Å². The number of carbonyl (C=O) groups is 1. The maximum Gasteiger partial charge on any atom is 0.224 e. The first-order chi connectivity index (χ1) is 9.08. The fourth-order valence-corrected chi connectivity index (χ4v) is 1.94. The Morgan fingerprint density at radius 1 is 1.15 bits per heavy atom. The Balaban J connectivity index is 0.00000200. The van der Waals surface area contributed by atoms with Crippen LogP contribution >= 0.6 is 12.4 Å². The Morgan fingerprint density at radius 3 is 2.45 bits per heavy atom. The minimum absolute atomic E-state index is 0. The summed E-state index contributed by atoms with van der Waals surface area (Å²) in [5.41, 5.74) is 6.82. The number of carbonyl (C=O) groups excluding carboxylic acids is 1. The fraction of sp³-hybridized carbons (Fsp3) is 0.312. The molecule has 2 aromatic rings. The second kappa shape index (κ2) is 7.27. The van der Waals surface area contributed by atoms with Gasteiger partial charge in [0.15, 0.2) is 0 Å². The monoisotopic (exact) mass is 292 g/mol. The van der Waals surface area contributed by atoms with Gasteiger partial charge in [-0.3, -0.25) is 4.79 Å². The van der Waals surface area contributed by atoms with Crippen molar-refractivity contribution in [2.24, 2.45) is 11.7 Å². The first-order valence-electron chi connectivity index (χ1n) is 6.59. The van der Waals surface area contributed by atoms with Gasteiger partial charge in [-0.2, -0.15) is 0 Å². The molecule has 1 amide bonds. The van der Waals surface area contributed by atoms with E-state index in [2.05, 4.69) is 29.6 Å². The van der Waals surface area contributed by atoms with Crippen LogP contribution in [0.25, 0.3) is 10.8 Å². The second-order valence-electron chi connectivity index (χ2n) is 5.05. The van der Waals surface area contributed by atoms with Crippen LogP contribution in [-0.2, 0) is 11.3 Å². The smallest absolute Gasteiger partial charge is 0.224 e. The van der Waals surface area contributed by atoms with E-state index in [1.165, 1.54) is 10.8 Å². The van der Waals surface area contributed by atoms with Gasteiger partial charge in [0.05, 0.1) is 0 Å². The number of nitrogens with two attached hydrogens (primary N) is 1. The molecule has 0 saturated carbocycles. The highest BCUT2D eigenvalue weighted by Gasteiger charge is 2.16. The van der Waals surface area contributed by atoms with Gasteiger partial charge in [-0.05, 0) is 29.3 Å². The molecule has 108 valence electrons. The summed E-state index contributed by atoms with van der Waals surface area (Å²) in [6, 6.07) is 14.3. The van der Waals surface area contributed by atoms with Crippen LogP contribution in [0.3, 0.4) is 0 Å². The minimum atomic E-state index is -0.166. The van der Waals surface area contributed by atoms with Crippen LogP contribution in [0.4, 0.5) is 0 Å². The molecule has 3 N–H and O–H groups in total. The van der Waals surface area contributed by atoms with Gasteiger partial charge in [0, 0.05) is 18.5 Å². The van der Waals surface area contributed by atoms with Crippen LogP contribution in [0, 0.1) is 5.92 Å².